The molecule has 0 aliphatic heterocycles. The van der Waals surface area contributed by atoms with Gasteiger partial charge in [0, 0.05) is 29.8 Å². The van der Waals surface area contributed by atoms with Gasteiger partial charge in [0.1, 0.15) is 5.75 Å². The Morgan fingerprint density at radius 3 is 2.18 bits per heavy atom. The highest BCUT2D eigenvalue weighted by atomic mass is 32.1. The first-order chi connectivity index (χ1) is 16.5. The minimum Gasteiger partial charge on any atom is -0.493 e. The van der Waals surface area contributed by atoms with Crippen LogP contribution in [0.3, 0.4) is 0 Å². The molecule has 0 spiro atoms. The van der Waals surface area contributed by atoms with Crippen molar-refractivity contribution in [3.63, 3.8) is 0 Å². The Morgan fingerprint density at radius 2 is 1.50 bits per heavy atom. The van der Waals surface area contributed by atoms with Gasteiger partial charge in [0.05, 0.1) is 6.61 Å². The largest absolute Gasteiger partial charge is 0.493 e. The molecule has 0 saturated carbocycles. The van der Waals surface area contributed by atoms with E-state index in [9.17, 15) is 9.59 Å². The van der Waals surface area contributed by atoms with E-state index >= 15 is 0 Å². The first-order valence-electron chi connectivity index (χ1n) is 11.3. The number of anilines is 1. The Hall–Kier alpha value is -3.71. The second kappa shape index (κ2) is 13.1. The van der Waals surface area contributed by atoms with Gasteiger partial charge in [-0.2, -0.15) is 0 Å². The van der Waals surface area contributed by atoms with Gasteiger partial charge in [-0.15, -0.1) is 0 Å². The third-order valence-electron chi connectivity index (χ3n) is 5.07. The normalized spacial score (nSPS) is 10.3. The molecule has 0 saturated heterocycles. The molecule has 2 amide bonds. The maximum atomic E-state index is 12.5. The Labute approximate surface area is 205 Å². The van der Waals surface area contributed by atoms with E-state index in [-0.39, 0.29) is 16.9 Å². The lowest BCUT2D eigenvalue weighted by Gasteiger charge is -2.11. The minimum atomic E-state index is -0.319. The molecule has 0 unspecified atom stereocenters. The van der Waals surface area contributed by atoms with Gasteiger partial charge in [0.15, 0.2) is 5.11 Å². The van der Waals surface area contributed by atoms with Crippen LogP contribution in [0.15, 0.2) is 78.9 Å². The summed E-state index contributed by atoms with van der Waals surface area (Å²) in [5.41, 5.74) is 2.93. The second-order valence-corrected chi connectivity index (χ2v) is 8.11. The molecule has 3 aromatic rings. The number of amides is 2. The Balaban J connectivity index is 1.44. The van der Waals surface area contributed by atoms with E-state index < -0.39 is 0 Å². The fraction of sp³-hybridized carbons (Fsp3) is 0.222. The first kappa shape index (κ1) is 24.9. The smallest absolute Gasteiger partial charge is 0.257 e. The van der Waals surface area contributed by atoms with Crippen molar-refractivity contribution >= 4 is 34.8 Å². The number of hydrogen-bond acceptors (Lipinski definition) is 4. The highest BCUT2D eigenvalue weighted by Crippen LogP contribution is 2.14. The van der Waals surface area contributed by atoms with Crippen LogP contribution in [0.1, 0.15) is 46.0 Å². The van der Waals surface area contributed by atoms with Crippen LogP contribution in [0.2, 0.25) is 0 Å². The molecular weight excluding hydrogens is 446 g/mol. The van der Waals surface area contributed by atoms with Crippen LogP contribution in [0.4, 0.5) is 5.69 Å². The predicted octanol–water partition coefficient (Wildman–Crippen LogP) is 4.96. The molecular formula is C27H29N3O3S. The zero-order valence-electron chi connectivity index (χ0n) is 19.2. The summed E-state index contributed by atoms with van der Waals surface area (Å²) in [4.78, 5) is 24.6. The number of rotatable bonds is 10. The lowest BCUT2D eigenvalue weighted by atomic mass is 10.2. The number of unbranched alkanes of at least 4 members (excludes halogenated alkanes) is 1. The molecule has 3 aromatic carbocycles. The van der Waals surface area contributed by atoms with Crippen LogP contribution < -0.4 is 20.7 Å². The number of hydrogen-bond donors (Lipinski definition) is 3. The topological polar surface area (TPSA) is 79.5 Å². The predicted molar refractivity (Wildman–Crippen MR) is 139 cm³/mol. The van der Waals surface area contributed by atoms with Gasteiger partial charge in [-0.05, 0) is 72.7 Å². The fourth-order valence-electron chi connectivity index (χ4n) is 3.16. The van der Waals surface area contributed by atoms with Gasteiger partial charge < -0.3 is 15.4 Å². The van der Waals surface area contributed by atoms with E-state index in [0.29, 0.717) is 35.7 Å². The van der Waals surface area contributed by atoms with Crippen molar-refractivity contribution in [3.8, 4) is 5.75 Å². The van der Waals surface area contributed by atoms with Crippen LogP contribution in [0.5, 0.6) is 5.75 Å². The number of nitrogens with one attached hydrogen (secondary N) is 3. The van der Waals surface area contributed by atoms with E-state index in [1.165, 1.54) is 5.56 Å². The third-order valence-corrected chi connectivity index (χ3v) is 5.27. The fourth-order valence-corrected chi connectivity index (χ4v) is 3.37. The van der Waals surface area contributed by atoms with Crippen LogP contribution in [-0.4, -0.2) is 30.1 Å². The average Bonchev–Trinajstić information content (AvgIpc) is 2.85. The minimum absolute atomic E-state index is 0.108. The molecule has 0 aromatic heterocycles. The van der Waals surface area contributed by atoms with E-state index in [4.69, 9.17) is 17.0 Å². The van der Waals surface area contributed by atoms with Gasteiger partial charge in [0.25, 0.3) is 11.8 Å². The van der Waals surface area contributed by atoms with Gasteiger partial charge in [0.2, 0.25) is 0 Å². The van der Waals surface area contributed by atoms with Crippen LogP contribution in [-0.2, 0) is 6.42 Å². The summed E-state index contributed by atoms with van der Waals surface area (Å²) in [5.74, 6) is 0.274. The SMILES string of the molecule is CCCCNC(=O)c1ccc(NC(=S)NC(=O)c2ccc(OCCc3ccccc3)cc2)cc1. The van der Waals surface area contributed by atoms with Crippen molar-refractivity contribution in [2.75, 3.05) is 18.5 Å². The van der Waals surface area contributed by atoms with E-state index in [0.717, 1.165) is 19.3 Å². The number of thiocarbonyl (C=S) groups is 1. The van der Waals surface area contributed by atoms with Crippen molar-refractivity contribution in [2.45, 2.75) is 26.2 Å². The van der Waals surface area contributed by atoms with Crippen molar-refractivity contribution < 1.29 is 14.3 Å². The standard InChI is InChI=1S/C27H29N3O3S/c1-2-3-18-28-25(31)21-9-13-23(14-10-21)29-27(34)30-26(32)22-11-15-24(16-12-22)33-19-17-20-7-5-4-6-8-20/h4-16H,2-3,17-19H2,1H3,(H,28,31)(H2,29,30,32,34). The lowest BCUT2D eigenvalue weighted by molar-refractivity contribution is 0.0950. The molecule has 3 rings (SSSR count). The molecule has 0 radical (unpaired) electrons. The van der Waals surface area contributed by atoms with Crippen molar-refractivity contribution in [2.24, 2.45) is 0 Å². The Kier molecular flexibility index (Phi) is 9.61. The van der Waals surface area contributed by atoms with E-state index in [2.05, 4.69) is 35.0 Å². The van der Waals surface area contributed by atoms with Crippen LogP contribution in [0, 0.1) is 0 Å². The monoisotopic (exact) mass is 475 g/mol. The molecule has 176 valence electrons. The number of carbonyl (C=O) groups is 2. The molecule has 6 nitrogen and oxygen atoms in total. The summed E-state index contributed by atoms with van der Waals surface area (Å²) in [6.45, 7) is 3.29. The average molecular weight is 476 g/mol. The molecule has 7 heteroatoms. The van der Waals surface area contributed by atoms with Crippen molar-refractivity contribution in [1.29, 1.82) is 0 Å². The summed E-state index contributed by atoms with van der Waals surface area (Å²) in [6.07, 6.45) is 2.79. The van der Waals surface area contributed by atoms with Gasteiger partial charge in [-0.1, -0.05) is 43.7 Å². The highest BCUT2D eigenvalue weighted by molar-refractivity contribution is 7.80. The first-order valence-corrected chi connectivity index (χ1v) is 11.7. The highest BCUT2D eigenvalue weighted by Gasteiger charge is 2.09. The van der Waals surface area contributed by atoms with E-state index in [1.54, 1.807) is 48.5 Å². The molecule has 3 N–H and O–H groups in total. The number of ether oxygens (including phenoxy) is 1. The third kappa shape index (κ3) is 8.01. The summed E-state index contributed by atoms with van der Waals surface area (Å²) in [6, 6.07) is 24.0. The zero-order valence-corrected chi connectivity index (χ0v) is 20.0. The number of benzene rings is 3. The maximum Gasteiger partial charge on any atom is 0.257 e. The molecule has 0 heterocycles. The maximum absolute atomic E-state index is 12.5. The lowest BCUT2D eigenvalue weighted by Crippen LogP contribution is -2.34. The zero-order chi connectivity index (χ0) is 24.2. The molecule has 34 heavy (non-hydrogen) atoms. The second-order valence-electron chi connectivity index (χ2n) is 7.70. The number of carbonyl (C=O) groups excluding carboxylic acids is 2. The quantitative estimate of drug-likeness (QED) is 0.285. The molecule has 0 fully saturated rings. The van der Waals surface area contributed by atoms with Gasteiger partial charge in [-0.3, -0.25) is 14.9 Å². The Morgan fingerprint density at radius 1 is 0.853 bits per heavy atom. The van der Waals surface area contributed by atoms with Gasteiger partial charge in [-0.25, -0.2) is 0 Å². The van der Waals surface area contributed by atoms with Gasteiger partial charge >= 0.3 is 0 Å². The van der Waals surface area contributed by atoms with Crippen molar-refractivity contribution in [1.82, 2.24) is 10.6 Å². The van der Waals surface area contributed by atoms with Crippen LogP contribution in [0.25, 0.3) is 0 Å². The summed E-state index contributed by atoms with van der Waals surface area (Å²) in [7, 11) is 0. The molecule has 0 atom stereocenters. The molecule has 0 aliphatic rings. The summed E-state index contributed by atoms with van der Waals surface area (Å²) >= 11 is 5.25. The molecule has 0 aliphatic carbocycles. The summed E-state index contributed by atoms with van der Waals surface area (Å²) < 4.78 is 5.76. The van der Waals surface area contributed by atoms with Crippen molar-refractivity contribution in [3.05, 3.63) is 95.6 Å². The summed E-state index contributed by atoms with van der Waals surface area (Å²) in [5, 5.41) is 8.67. The van der Waals surface area contributed by atoms with E-state index in [1.807, 2.05) is 18.2 Å². The van der Waals surface area contributed by atoms with Crippen LogP contribution >= 0.6 is 12.2 Å². The molecule has 0 bridgehead atoms. The Bertz CT molecular complexity index is 1080.